The van der Waals surface area contributed by atoms with Gasteiger partial charge in [0.05, 0.1) is 14.2 Å². The summed E-state index contributed by atoms with van der Waals surface area (Å²) in [7, 11) is 2.36. The Morgan fingerprint density at radius 1 is 1.42 bits per heavy atom. The normalized spacial score (nSPS) is 11.1. The molecule has 0 amide bonds. The van der Waals surface area contributed by atoms with Crippen LogP contribution < -0.4 is 0 Å². The maximum absolute atomic E-state index is 10.8. The van der Waals surface area contributed by atoms with E-state index in [1.54, 1.807) is 0 Å². The lowest BCUT2D eigenvalue weighted by molar-refractivity contribution is -0.147. The molecule has 0 heterocycles. The Morgan fingerprint density at radius 3 is 2.33 bits per heavy atom. The van der Waals surface area contributed by atoms with Crippen LogP contribution in [-0.2, 0) is 19.1 Å². The van der Waals surface area contributed by atoms with Gasteiger partial charge in [0.2, 0.25) is 0 Å². The van der Waals surface area contributed by atoms with Crippen molar-refractivity contribution in [2.45, 2.75) is 12.5 Å². The summed E-state index contributed by atoms with van der Waals surface area (Å²) in [5, 5.41) is 0. The zero-order chi connectivity index (χ0) is 9.56. The van der Waals surface area contributed by atoms with E-state index in [0.29, 0.717) is 0 Å². The minimum atomic E-state index is -1.08. The van der Waals surface area contributed by atoms with Crippen molar-refractivity contribution in [3.8, 4) is 0 Å². The molecule has 5 nitrogen and oxygen atoms in total. The van der Waals surface area contributed by atoms with Crippen LogP contribution in [0.2, 0.25) is 0 Å². The monoisotopic (exact) mass is 171 g/mol. The van der Waals surface area contributed by atoms with Crippen molar-refractivity contribution in [2.75, 3.05) is 14.2 Å². The SMILES string of the molecule is [C-]#[N+][C@H](CC(=O)OC)C(=O)OC. The minimum Gasteiger partial charge on any atom is -0.469 e. The Labute approximate surface area is 70.1 Å². The van der Waals surface area contributed by atoms with Crippen molar-refractivity contribution in [2.24, 2.45) is 0 Å². The second kappa shape index (κ2) is 5.13. The first kappa shape index (κ1) is 10.4. The van der Waals surface area contributed by atoms with Crippen molar-refractivity contribution in [3.05, 3.63) is 11.4 Å². The summed E-state index contributed by atoms with van der Waals surface area (Å²) in [6.45, 7) is 6.58. The fraction of sp³-hybridized carbons (Fsp3) is 0.571. The topological polar surface area (TPSA) is 57.0 Å². The molecule has 0 rings (SSSR count). The number of esters is 2. The average molecular weight is 171 g/mol. The Hall–Kier alpha value is -1.57. The average Bonchev–Trinajstić information content (AvgIpc) is 2.12. The molecule has 66 valence electrons. The summed E-state index contributed by atoms with van der Waals surface area (Å²) in [4.78, 5) is 24.3. The summed E-state index contributed by atoms with van der Waals surface area (Å²) < 4.78 is 8.58. The van der Waals surface area contributed by atoms with Crippen LogP contribution in [0.1, 0.15) is 6.42 Å². The first-order valence-corrected chi connectivity index (χ1v) is 3.17. The highest BCUT2D eigenvalue weighted by Crippen LogP contribution is 2.01. The standard InChI is InChI=1S/C7H9NO4/c1-8-5(7(10)12-3)4-6(9)11-2/h5H,4H2,2-3H3/t5-/m1/s1. The molecule has 0 bridgehead atoms. The van der Waals surface area contributed by atoms with E-state index in [4.69, 9.17) is 6.57 Å². The zero-order valence-corrected chi connectivity index (χ0v) is 6.86. The van der Waals surface area contributed by atoms with E-state index in [1.165, 1.54) is 7.11 Å². The number of carbonyl (C=O) groups is 2. The van der Waals surface area contributed by atoms with Crippen molar-refractivity contribution in [1.29, 1.82) is 0 Å². The predicted molar refractivity (Wildman–Crippen MR) is 39.0 cm³/mol. The number of hydrogen-bond acceptors (Lipinski definition) is 4. The molecule has 0 fully saturated rings. The highest BCUT2D eigenvalue weighted by Gasteiger charge is 2.27. The molecule has 0 aliphatic heterocycles. The Bertz CT molecular complexity index is 218. The Kier molecular flexibility index (Phi) is 4.46. The molecule has 0 spiro atoms. The fourth-order valence-electron chi connectivity index (χ4n) is 0.559. The fourth-order valence-corrected chi connectivity index (χ4v) is 0.559. The molecule has 0 aromatic heterocycles. The van der Waals surface area contributed by atoms with Crippen molar-refractivity contribution in [1.82, 2.24) is 0 Å². The Morgan fingerprint density at radius 2 is 2.00 bits per heavy atom. The van der Waals surface area contributed by atoms with Crippen LogP contribution >= 0.6 is 0 Å². The van der Waals surface area contributed by atoms with E-state index in [0.717, 1.165) is 7.11 Å². The van der Waals surface area contributed by atoms with E-state index < -0.39 is 18.0 Å². The highest BCUT2D eigenvalue weighted by atomic mass is 16.5. The van der Waals surface area contributed by atoms with E-state index in [9.17, 15) is 9.59 Å². The molecule has 0 aromatic carbocycles. The van der Waals surface area contributed by atoms with Crippen molar-refractivity contribution < 1.29 is 19.1 Å². The van der Waals surface area contributed by atoms with Gasteiger partial charge < -0.3 is 14.3 Å². The molecule has 0 N–H and O–H groups in total. The maximum atomic E-state index is 10.8. The third-order valence-electron chi connectivity index (χ3n) is 1.22. The summed E-state index contributed by atoms with van der Waals surface area (Å²) in [6, 6.07) is -1.08. The number of carbonyl (C=O) groups excluding carboxylic acids is 2. The third kappa shape index (κ3) is 3.01. The zero-order valence-electron chi connectivity index (χ0n) is 6.86. The maximum Gasteiger partial charge on any atom is 0.390 e. The number of nitrogens with zero attached hydrogens (tertiary/aromatic N) is 1. The largest absolute Gasteiger partial charge is 0.469 e. The van der Waals surface area contributed by atoms with E-state index in [2.05, 4.69) is 14.3 Å². The molecule has 0 unspecified atom stereocenters. The number of methoxy groups -OCH3 is 2. The number of ether oxygens (including phenoxy) is 2. The van der Waals surface area contributed by atoms with Gasteiger partial charge in [0.15, 0.2) is 0 Å². The van der Waals surface area contributed by atoms with Gasteiger partial charge in [-0.05, 0) is 0 Å². The van der Waals surface area contributed by atoms with Gasteiger partial charge in [-0.25, -0.2) is 11.4 Å². The minimum absolute atomic E-state index is 0.257. The molecular weight excluding hydrogens is 162 g/mol. The summed E-state index contributed by atoms with van der Waals surface area (Å²) in [5.41, 5.74) is 0. The van der Waals surface area contributed by atoms with Gasteiger partial charge >= 0.3 is 18.0 Å². The summed E-state index contributed by atoms with van der Waals surface area (Å²) in [5.74, 6) is -1.31. The van der Waals surface area contributed by atoms with Gasteiger partial charge in [0, 0.05) is 0 Å². The Balaban J connectivity index is 4.11. The summed E-state index contributed by atoms with van der Waals surface area (Å²) in [6.07, 6.45) is -0.257. The van der Waals surface area contributed by atoms with Gasteiger partial charge in [-0.15, -0.1) is 0 Å². The predicted octanol–water partition coefficient (Wildman–Crippen LogP) is 0.0104. The molecule has 0 aromatic rings. The van der Waals surface area contributed by atoms with Crippen molar-refractivity contribution in [3.63, 3.8) is 0 Å². The van der Waals surface area contributed by atoms with Gasteiger partial charge in [-0.2, -0.15) is 0 Å². The first-order valence-electron chi connectivity index (χ1n) is 3.17. The second-order valence-electron chi connectivity index (χ2n) is 1.95. The first-order chi connectivity index (χ1) is 5.65. The highest BCUT2D eigenvalue weighted by molar-refractivity contribution is 5.84. The second-order valence-corrected chi connectivity index (χ2v) is 1.95. The van der Waals surface area contributed by atoms with Crippen LogP contribution in [0.15, 0.2) is 0 Å². The van der Waals surface area contributed by atoms with Crippen LogP contribution in [0.4, 0.5) is 0 Å². The van der Waals surface area contributed by atoms with E-state index in [1.807, 2.05) is 0 Å². The van der Waals surface area contributed by atoms with Crippen LogP contribution in [0.25, 0.3) is 4.85 Å². The number of rotatable bonds is 3. The smallest absolute Gasteiger partial charge is 0.390 e. The molecule has 1 atom stereocenters. The molecule has 0 saturated carbocycles. The van der Waals surface area contributed by atoms with Crippen molar-refractivity contribution >= 4 is 11.9 Å². The lowest BCUT2D eigenvalue weighted by atomic mass is 10.2. The van der Waals surface area contributed by atoms with E-state index >= 15 is 0 Å². The molecule has 0 aliphatic rings. The summed E-state index contributed by atoms with van der Waals surface area (Å²) >= 11 is 0. The van der Waals surface area contributed by atoms with Crippen LogP contribution in [0.5, 0.6) is 0 Å². The van der Waals surface area contributed by atoms with Gasteiger partial charge in [0.25, 0.3) is 0 Å². The number of hydrogen-bond donors (Lipinski definition) is 0. The molecule has 12 heavy (non-hydrogen) atoms. The van der Waals surface area contributed by atoms with Crippen LogP contribution in [-0.4, -0.2) is 32.2 Å². The van der Waals surface area contributed by atoms with Gasteiger partial charge in [0.1, 0.15) is 6.42 Å². The molecule has 0 saturated heterocycles. The van der Waals surface area contributed by atoms with Crippen LogP contribution in [0, 0.1) is 6.57 Å². The van der Waals surface area contributed by atoms with Gasteiger partial charge in [-0.3, -0.25) is 4.79 Å². The molecule has 5 heteroatoms. The molecular formula is C7H9NO4. The lowest BCUT2D eigenvalue weighted by Crippen LogP contribution is -2.22. The molecule has 0 aliphatic carbocycles. The lowest BCUT2D eigenvalue weighted by Gasteiger charge is -2.00. The van der Waals surface area contributed by atoms with Gasteiger partial charge in [-0.1, -0.05) is 0 Å². The third-order valence-corrected chi connectivity index (χ3v) is 1.22. The van der Waals surface area contributed by atoms with E-state index in [-0.39, 0.29) is 6.42 Å². The van der Waals surface area contributed by atoms with Crippen LogP contribution in [0.3, 0.4) is 0 Å². The molecule has 0 radical (unpaired) electrons. The quantitative estimate of drug-likeness (QED) is 0.443.